The van der Waals surface area contributed by atoms with Gasteiger partial charge in [0.05, 0.1) is 0 Å². The van der Waals surface area contributed by atoms with E-state index >= 15 is 0 Å². The van der Waals surface area contributed by atoms with Crippen LogP contribution in [0.4, 0.5) is 0 Å². The fourth-order valence-electron chi connectivity index (χ4n) is 3.41. The predicted molar refractivity (Wildman–Crippen MR) is 81.0 cm³/mol. The van der Waals surface area contributed by atoms with Gasteiger partial charge in [-0.05, 0) is 68.8 Å². The molecule has 1 aliphatic carbocycles. The van der Waals surface area contributed by atoms with Gasteiger partial charge in [-0.2, -0.15) is 0 Å². The van der Waals surface area contributed by atoms with Crippen molar-refractivity contribution in [2.75, 3.05) is 6.54 Å². The van der Waals surface area contributed by atoms with Crippen molar-refractivity contribution in [3.63, 3.8) is 0 Å². The largest absolute Gasteiger partial charge is 0.348 e. The van der Waals surface area contributed by atoms with Gasteiger partial charge in [-0.1, -0.05) is 12.5 Å². The molecular formula is C17H24N2O. The minimum absolute atomic E-state index is 0.0690. The van der Waals surface area contributed by atoms with E-state index in [0.717, 1.165) is 24.9 Å². The summed E-state index contributed by atoms with van der Waals surface area (Å²) in [6, 6.07) is 6.79. The monoisotopic (exact) mass is 272 g/mol. The van der Waals surface area contributed by atoms with Gasteiger partial charge in [-0.25, -0.2) is 0 Å². The number of aryl methyl sites for hydroxylation is 2. The van der Waals surface area contributed by atoms with E-state index in [9.17, 15) is 4.79 Å². The van der Waals surface area contributed by atoms with Gasteiger partial charge in [0.1, 0.15) is 0 Å². The summed E-state index contributed by atoms with van der Waals surface area (Å²) in [5.41, 5.74) is 3.60. The topological polar surface area (TPSA) is 41.1 Å². The highest BCUT2D eigenvalue weighted by Gasteiger charge is 2.22. The molecule has 0 saturated carbocycles. The second-order valence-electron chi connectivity index (χ2n) is 6.16. The number of benzene rings is 1. The van der Waals surface area contributed by atoms with Crippen LogP contribution in [0.2, 0.25) is 0 Å². The van der Waals surface area contributed by atoms with Crippen molar-refractivity contribution in [3.8, 4) is 0 Å². The van der Waals surface area contributed by atoms with Crippen molar-refractivity contribution in [2.24, 2.45) is 0 Å². The summed E-state index contributed by atoms with van der Waals surface area (Å²) in [6.45, 7) is 3.18. The maximum Gasteiger partial charge on any atom is 0.251 e. The van der Waals surface area contributed by atoms with Gasteiger partial charge in [0.25, 0.3) is 5.91 Å². The predicted octanol–water partition coefficient (Wildman–Crippen LogP) is 2.44. The molecule has 0 bridgehead atoms. The van der Waals surface area contributed by atoms with Crippen molar-refractivity contribution in [1.82, 2.24) is 10.6 Å². The van der Waals surface area contributed by atoms with Crippen molar-refractivity contribution in [2.45, 2.75) is 57.5 Å². The van der Waals surface area contributed by atoms with E-state index in [4.69, 9.17) is 0 Å². The van der Waals surface area contributed by atoms with Crippen molar-refractivity contribution < 1.29 is 4.79 Å². The second kappa shape index (κ2) is 5.96. The third-order valence-corrected chi connectivity index (χ3v) is 4.67. The van der Waals surface area contributed by atoms with E-state index in [2.05, 4.69) is 29.7 Å². The molecule has 3 nitrogen and oxygen atoms in total. The summed E-state index contributed by atoms with van der Waals surface area (Å²) in [6.07, 6.45) is 7.18. The summed E-state index contributed by atoms with van der Waals surface area (Å²) < 4.78 is 0. The molecule has 1 saturated heterocycles. The van der Waals surface area contributed by atoms with E-state index in [1.165, 1.54) is 36.8 Å². The smallest absolute Gasteiger partial charge is 0.251 e. The van der Waals surface area contributed by atoms with Gasteiger partial charge in [-0.3, -0.25) is 4.79 Å². The fourth-order valence-corrected chi connectivity index (χ4v) is 3.41. The molecule has 1 fully saturated rings. The van der Waals surface area contributed by atoms with E-state index in [1.807, 2.05) is 6.07 Å². The average molecular weight is 272 g/mol. The van der Waals surface area contributed by atoms with Gasteiger partial charge in [0.2, 0.25) is 0 Å². The maximum absolute atomic E-state index is 12.4. The molecule has 3 heteroatoms. The Hall–Kier alpha value is -1.35. The van der Waals surface area contributed by atoms with Crippen LogP contribution in [0.15, 0.2) is 18.2 Å². The van der Waals surface area contributed by atoms with Crippen LogP contribution in [0.5, 0.6) is 0 Å². The lowest BCUT2D eigenvalue weighted by molar-refractivity contribution is 0.0928. The molecule has 1 aliphatic heterocycles. The molecule has 2 N–H and O–H groups in total. The molecule has 1 aromatic carbocycles. The molecular weight excluding hydrogens is 248 g/mol. The van der Waals surface area contributed by atoms with Crippen LogP contribution < -0.4 is 10.6 Å². The van der Waals surface area contributed by atoms with E-state index in [-0.39, 0.29) is 11.9 Å². The van der Waals surface area contributed by atoms with E-state index < -0.39 is 0 Å². The third kappa shape index (κ3) is 2.88. The number of fused-ring (bicyclic) bond motifs is 1. The molecule has 0 aromatic heterocycles. The molecule has 0 spiro atoms. The quantitative estimate of drug-likeness (QED) is 0.887. The highest BCUT2D eigenvalue weighted by atomic mass is 16.1. The number of piperidine rings is 1. The molecule has 0 radical (unpaired) electrons. The fraction of sp³-hybridized carbons (Fsp3) is 0.588. The number of hydrogen-bond acceptors (Lipinski definition) is 2. The highest BCUT2D eigenvalue weighted by Crippen LogP contribution is 2.23. The standard InChI is InChI=1S/C17H24N2O/c1-12(16-7-2-3-10-18-16)19-17(20)15-9-8-13-5-4-6-14(13)11-15/h8-9,11-12,16,18H,2-7,10H2,1H3,(H,19,20). The first-order valence-corrected chi connectivity index (χ1v) is 7.90. The lowest BCUT2D eigenvalue weighted by Crippen LogP contribution is -2.50. The van der Waals surface area contributed by atoms with Crippen LogP contribution >= 0.6 is 0 Å². The van der Waals surface area contributed by atoms with Crippen molar-refractivity contribution in [1.29, 1.82) is 0 Å². The van der Waals surface area contributed by atoms with Crippen molar-refractivity contribution >= 4 is 5.91 Å². The number of hydrogen-bond donors (Lipinski definition) is 2. The van der Waals surface area contributed by atoms with Gasteiger partial charge in [0.15, 0.2) is 0 Å². The highest BCUT2D eigenvalue weighted by molar-refractivity contribution is 5.94. The van der Waals surface area contributed by atoms with Crippen LogP contribution in [0.3, 0.4) is 0 Å². The Labute approximate surface area is 121 Å². The first-order chi connectivity index (χ1) is 9.74. The molecule has 2 atom stereocenters. The maximum atomic E-state index is 12.4. The number of nitrogens with one attached hydrogen (secondary N) is 2. The number of carbonyl (C=O) groups excluding carboxylic acids is 1. The summed E-state index contributed by atoms with van der Waals surface area (Å²) in [7, 11) is 0. The van der Waals surface area contributed by atoms with Crippen LogP contribution in [-0.4, -0.2) is 24.5 Å². The molecule has 2 aliphatic rings. The second-order valence-corrected chi connectivity index (χ2v) is 6.16. The Kier molecular flexibility index (Phi) is 4.06. The Balaban J connectivity index is 1.63. The number of amides is 1. The average Bonchev–Trinajstić information content (AvgIpc) is 2.95. The Morgan fingerprint density at radius 3 is 2.90 bits per heavy atom. The SMILES string of the molecule is CC(NC(=O)c1ccc2c(c1)CCC2)C1CCCCN1. The normalized spacial score (nSPS) is 23.1. The van der Waals surface area contributed by atoms with Crippen LogP contribution in [0.25, 0.3) is 0 Å². The van der Waals surface area contributed by atoms with Gasteiger partial charge < -0.3 is 10.6 Å². The number of rotatable bonds is 3. The zero-order valence-electron chi connectivity index (χ0n) is 12.2. The minimum Gasteiger partial charge on any atom is -0.348 e. The first kappa shape index (κ1) is 13.6. The van der Waals surface area contributed by atoms with Crippen molar-refractivity contribution in [3.05, 3.63) is 34.9 Å². The Morgan fingerprint density at radius 1 is 1.25 bits per heavy atom. The lowest BCUT2D eigenvalue weighted by atomic mass is 9.98. The Bertz CT molecular complexity index is 492. The van der Waals surface area contributed by atoms with E-state index in [1.54, 1.807) is 0 Å². The molecule has 2 unspecified atom stereocenters. The summed E-state index contributed by atoms with van der Waals surface area (Å²) >= 11 is 0. The molecule has 108 valence electrons. The van der Waals surface area contributed by atoms with Gasteiger partial charge >= 0.3 is 0 Å². The Morgan fingerprint density at radius 2 is 2.10 bits per heavy atom. The molecule has 1 aromatic rings. The molecule has 3 rings (SSSR count). The minimum atomic E-state index is 0.0690. The van der Waals surface area contributed by atoms with Crippen LogP contribution in [0.1, 0.15) is 54.1 Å². The summed E-state index contributed by atoms with van der Waals surface area (Å²) in [4.78, 5) is 12.4. The third-order valence-electron chi connectivity index (χ3n) is 4.67. The molecule has 1 amide bonds. The molecule has 1 heterocycles. The summed E-state index contributed by atoms with van der Waals surface area (Å²) in [5, 5.41) is 6.66. The zero-order chi connectivity index (χ0) is 13.9. The van der Waals surface area contributed by atoms with E-state index in [0.29, 0.717) is 6.04 Å². The van der Waals surface area contributed by atoms with Crippen LogP contribution in [0, 0.1) is 0 Å². The van der Waals surface area contributed by atoms with Gasteiger partial charge in [-0.15, -0.1) is 0 Å². The van der Waals surface area contributed by atoms with Gasteiger partial charge in [0, 0.05) is 17.6 Å². The first-order valence-electron chi connectivity index (χ1n) is 7.90. The lowest BCUT2D eigenvalue weighted by Gasteiger charge is -2.29. The zero-order valence-corrected chi connectivity index (χ0v) is 12.2. The van der Waals surface area contributed by atoms with Crippen LogP contribution in [-0.2, 0) is 12.8 Å². The molecule has 20 heavy (non-hydrogen) atoms. The summed E-state index contributed by atoms with van der Waals surface area (Å²) in [5.74, 6) is 0.0690. The number of carbonyl (C=O) groups is 1.